The largest absolute Gasteiger partial charge is 0.480 e. The molecule has 0 aromatic carbocycles. The molecule has 2 rings (SSSR count). The summed E-state index contributed by atoms with van der Waals surface area (Å²) >= 11 is 0. The van der Waals surface area contributed by atoms with Crippen LogP contribution in [-0.2, 0) is 4.79 Å². The third-order valence-electron chi connectivity index (χ3n) is 5.53. The second-order valence-corrected chi connectivity index (χ2v) is 6.94. The fourth-order valence-electron chi connectivity index (χ4n) is 4.08. The van der Waals surface area contributed by atoms with Crippen LogP contribution < -0.4 is 5.73 Å². The highest BCUT2D eigenvalue weighted by Gasteiger charge is 2.45. The number of hydrogen-bond acceptors (Lipinski definition) is 4. The van der Waals surface area contributed by atoms with Gasteiger partial charge in [0, 0.05) is 12.6 Å². The highest BCUT2D eigenvalue weighted by atomic mass is 16.4. The van der Waals surface area contributed by atoms with Crippen molar-refractivity contribution in [3.05, 3.63) is 0 Å². The van der Waals surface area contributed by atoms with Gasteiger partial charge in [-0.25, -0.2) is 0 Å². The van der Waals surface area contributed by atoms with E-state index in [9.17, 15) is 9.90 Å². The van der Waals surface area contributed by atoms with Crippen LogP contribution in [0.3, 0.4) is 0 Å². The standard InChI is InChI=1S/C16H31N3O2/c1-3-14-12-18(2)9-5-10-19(14)11-7-13-6-4-8-16(13,17)15(20)21/h13-14H,3-12,17H2,1-2H3,(H,20,21). The van der Waals surface area contributed by atoms with E-state index in [1.807, 2.05) is 0 Å². The molecule has 0 bridgehead atoms. The quantitative estimate of drug-likeness (QED) is 0.802. The summed E-state index contributed by atoms with van der Waals surface area (Å²) in [6.45, 7) is 6.64. The van der Waals surface area contributed by atoms with Crippen molar-refractivity contribution in [2.24, 2.45) is 11.7 Å². The molecule has 3 unspecified atom stereocenters. The van der Waals surface area contributed by atoms with Crippen molar-refractivity contribution in [3.8, 4) is 0 Å². The van der Waals surface area contributed by atoms with Gasteiger partial charge in [0.2, 0.25) is 0 Å². The Hall–Kier alpha value is -0.650. The maximum Gasteiger partial charge on any atom is 0.323 e. The van der Waals surface area contributed by atoms with E-state index in [4.69, 9.17) is 5.73 Å². The van der Waals surface area contributed by atoms with Crippen molar-refractivity contribution >= 4 is 5.97 Å². The molecule has 0 spiro atoms. The predicted octanol–water partition coefficient (Wildman–Crippen LogP) is 1.37. The average molecular weight is 297 g/mol. The molecule has 1 saturated heterocycles. The topological polar surface area (TPSA) is 69.8 Å². The number of carbonyl (C=O) groups is 1. The van der Waals surface area contributed by atoms with Crippen LogP contribution in [0.25, 0.3) is 0 Å². The minimum atomic E-state index is -0.982. The van der Waals surface area contributed by atoms with E-state index < -0.39 is 11.5 Å². The number of carboxylic acid groups (broad SMARTS) is 1. The first kappa shape index (κ1) is 16.7. The van der Waals surface area contributed by atoms with Crippen molar-refractivity contribution in [2.75, 3.05) is 33.2 Å². The second kappa shape index (κ2) is 7.07. The zero-order valence-electron chi connectivity index (χ0n) is 13.6. The first-order chi connectivity index (χ1) is 9.97. The smallest absolute Gasteiger partial charge is 0.323 e. The van der Waals surface area contributed by atoms with E-state index >= 15 is 0 Å². The van der Waals surface area contributed by atoms with E-state index in [1.54, 1.807) is 0 Å². The molecule has 0 aromatic rings. The summed E-state index contributed by atoms with van der Waals surface area (Å²) in [6, 6.07) is 0.593. The SMILES string of the molecule is CCC1CN(C)CCCN1CCC1CCCC1(N)C(=O)O. The third-order valence-corrected chi connectivity index (χ3v) is 5.53. The first-order valence-electron chi connectivity index (χ1n) is 8.42. The highest BCUT2D eigenvalue weighted by Crippen LogP contribution is 2.36. The lowest BCUT2D eigenvalue weighted by atomic mass is 9.85. The van der Waals surface area contributed by atoms with Gasteiger partial charge in [0.1, 0.15) is 5.54 Å². The molecule has 21 heavy (non-hydrogen) atoms. The van der Waals surface area contributed by atoms with Crippen LogP contribution in [0.5, 0.6) is 0 Å². The molecule has 1 aliphatic heterocycles. The summed E-state index contributed by atoms with van der Waals surface area (Å²) in [5.74, 6) is -0.680. The fourth-order valence-corrected chi connectivity index (χ4v) is 4.08. The van der Waals surface area contributed by atoms with Gasteiger partial charge in [-0.05, 0) is 64.7 Å². The van der Waals surface area contributed by atoms with Crippen LogP contribution in [-0.4, -0.2) is 65.7 Å². The molecule has 0 aromatic heterocycles. The minimum absolute atomic E-state index is 0.133. The lowest BCUT2D eigenvalue weighted by Crippen LogP contribution is -2.52. The molecular formula is C16H31N3O2. The van der Waals surface area contributed by atoms with Gasteiger partial charge in [-0.2, -0.15) is 0 Å². The summed E-state index contributed by atoms with van der Waals surface area (Å²) in [6.07, 6.45) is 5.82. The molecule has 3 N–H and O–H groups in total. The number of hydrogen-bond donors (Lipinski definition) is 2. The summed E-state index contributed by atoms with van der Waals surface area (Å²) in [4.78, 5) is 16.4. The lowest BCUT2D eigenvalue weighted by Gasteiger charge is -2.33. The molecule has 122 valence electrons. The molecule has 1 saturated carbocycles. The van der Waals surface area contributed by atoms with Crippen molar-refractivity contribution in [1.29, 1.82) is 0 Å². The van der Waals surface area contributed by atoms with Gasteiger partial charge in [0.15, 0.2) is 0 Å². The van der Waals surface area contributed by atoms with Crippen molar-refractivity contribution in [2.45, 2.75) is 57.0 Å². The Balaban J connectivity index is 1.93. The minimum Gasteiger partial charge on any atom is -0.480 e. The fraction of sp³-hybridized carbons (Fsp3) is 0.938. The molecule has 1 heterocycles. The molecule has 2 fully saturated rings. The maximum atomic E-state index is 11.5. The second-order valence-electron chi connectivity index (χ2n) is 6.94. The number of likely N-dealkylation sites (N-methyl/N-ethyl adjacent to an activating group) is 1. The zero-order valence-corrected chi connectivity index (χ0v) is 13.6. The summed E-state index contributed by atoms with van der Waals surface area (Å²) in [5.41, 5.74) is 5.17. The average Bonchev–Trinajstić information content (AvgIpc) is 2.72. The first-order valence-corrected chi connectivity index (χ1v) is 8.42. The van der Waals surface area contributed by atoms with Gasteiger partial charge in [-0.15, -0.1) is 0 Å². The van der Waals surface area contributed by atoms with E-state index in [0.717, 1.165) is 51.9 Å². The Morgan fingerprint density at radius 1 is 1.38 bits per heavy atom. The van der Waals surface area contributed by atoms with Crippen molar-refractivity contribution in [1.82, 2.24) is 9.80 Å². The number of carboxylic acids is 1. The molecule has 1 aliphatic carbocycles. The maximum absolute atomic E-state index is 11.5. The molecule has 3 atom stereocenters. The number of nitrogens with zero attached hydrogens (tertiary/aromatic N) is 2. The van der Waals surface area contributed by atoms with Crippen LogP contribution in [0.2, 0.25) is 0 Å². The molecule has 5 heteroatoms. The van der Waals surface area contributed by atoms with Crippen LogP contribution in [0.15, 0.2) is 0 Å². The predicted molar refractivity (Wildman–Crippen MR) is 84.3 cm³/mol. The van der Waals surface area contributed by atoms with E-state index in [2.05, 4.69) is 23.8 Å². The van der Waals surface area contributed by atoms with E-state index in [-0.39, 0.29) is 5.92 Å². The van der Waals surface area contributed by atoms with Gasteiger partial charge in [-0.1, -0.05) is 13.3 Å². The van der Waals surface area contributed by atoms with Gasteiger partial charge in [-0.3, -0.25) is 9.69 Å². The summed E-state index contributed by atoms with van der Waals surface area (Å²) in [7, 11) is 2.19. The van der Waals surface area contributed by atoms with Crippen molar-refractivity contribution in [3.63, 3.8) is 0 Å². The van der Waals surface area contributed by atoms with Crippen LogP contribution >= 0.6 is 0 Å². The van der Waals surface area contributed by atoms with Crippen LogP contribution in [0.4, 0.5) is 0 Å². The molecule has 0 amide bonds. The normalized spacial score (nSPS) is 35.8. The molecular weight excluding hydrogens is 266 g/mol. The van der Waals surface area contributed by atoms with Crippen LogP contribution in [0.1, 0.15) is 45.4 Å². The Morgan fingerprint density at radius 2 is 2.14 bits per heavy atom. The summed E-state index contributed by atoms with van der Waals surface area (Å²) in [5, 5.41) is 9.41. The van der Waals surface area contributed by atoms with Gasteiger partial charge < -0.3 is 15.7 Å². The highest BCUT2D eigenvalue weighted by molar-refractivity contribution is 5.79. The van der Waals surface area contributed by atoms with Gasteiger partial charge >= 0.3 is 5.97 Å². The Bertz CT molecular complexity index is 363. The van der Waals surface area contributed by atoms with E-state index in [1.165, 1.54) is 6.42 Å². The zero-order chi connectivity index (χ0) is 15.5. The summed E-state index contributed by atoms with van der Waals surface area (Å²) < 4.78 is 0. The number of nitrogens with two attached hydrogens (primary N) is 1. The number of aliphatic carboxylic acids is 1. The lowest BCUT2D eigenvalue weighted by molar-refractivity contribution is -0.144. The molecule has 0 radical (unpaired) electrons. The third kappa shape index (κ3) is 3.76. The Kier molecular flexibility index (Phi) is 5.63. The van der Waals surface area contributed by atoms with Gasteiger partial charge in [0.05, 0.1) is 0 Å². The Morgan fingerprint density at radius 3 is 2.81 bits per heavy atom. The van der Waals surface area contributed by atoms with E-state index in [0.29, 0.717) is 12.5 Å². The Labute approximate surface area is 128 Å². The van der Waals surface area contributed by atoms with Crippen molar-refractivity contribution < 1.29 is 9.90 Å². The molecule has 2 aliphatic rings. The van der Waals surface area contributed by atoms with Crippen LogP contribution in [0, 0.1) is 5.92 Å². The molecule has 5 nitrogen and oxygen atoms in total. The monoisotopic (exact) mass is 297 g/mol. The number of rotatable bonds is 5. The van der Waals surface area contributed by atoms with Gasteiger partial charge in [0.25, 0.3) is 0 Å².